The van der Waals surface area contributed by atoms with E-state index in [1.54, 1.807) is 11.3 Å². The summed E-state index contributed by atoms with van der Waals surface area (Å²) >= 11 is 1.77. The summed E-state index contributed by atoms with van der Waals surface area (Å²) in [5, 5.41) is 1.16. The van der Waals surface area contributed by atoms with E-state index in [1.165, 1.54) is 38.1 Å². The average molecular weight is 669 g/mol. The molecule has 7 aromatic carbocycles. The van der Waals surface area contributed by atoms with Crippen LogP contribution in [0.1, 0.15) is 22.3 Å². The van der Waals surface area contributed by atoms with Gasteiger partial charge in [-0.2, -0.15) is 0 Å². The molecule has 0 saturated heterocycles. The van der Waals surface area contributed by atoms with Crippen LogP contribution in [0.5, 0.6) is 11.5 Å². The predicted molar refractivity (Wildman–Crippen MR) is 209 cm³/mol. The summed E-state index contributed by atoms with van der Waals surface area (Å²) in [5.41, 5.74) is 13.2. The zero-order chi connectivity index (χ0) is 33.5. The summed E-state index contributed by atoms with van der Waals surface area (Å²) < 4.78 is 8.85. The average Bonchev–Trinajstić information content (AvgIpc) is 3.72. The van der Waals surface area contributed by atoms with Crippen molar-refractivity contribution in [2.45, 2.75) is 5.41 Å². The highest BCUT2D eigenvalue weighted by atomic mass is 32.1. The number of aromatic nitrogens is 2. The second-order valence-electron chi connectivity index (χ2n) is 13.2. The molecule has 3 nitrogen and oxygen atoms in total. The summed E-state index contributed by atoms with van der Waals surface area (Å²) in [6.07, 6.45) is 0. The zero-order valence-corrected chi connectivity index (χ0v) is 28.2. The first-order valence-electron chi connectivity index (χ1n) is 17.2. The minimum absolute atomic E-state index is 0.490. The number of fused-ring (bicyclic) bond motifs is 12. The molecule has 2 aromatic heterocycles. The zero-order valence-electron chi connectivity index (χ0n) is 27.4. The summed E-state index contributed by atoms with van der Waals surface area (Å²) in [5.74, 6) is 2.54. The van der Waals surface area contributed by atoms with Crippen LogP contribution in [0.15, 0.2) is 170 Å². The standard InChI is InChI=1S/C47H28N2OS/c1-2-14-29(15-3-1)46-48-43(45-44(49-46)34-19-7-13-25-42(34)51-45)33-18-5-4-16-31(33)30-26-27-37-35(28-30)32-17-6-8-20-36(32)47(37)38-21-9-11-23-40(38)50-41-24-12-10-22-39(41)47/h1-28H. The maximum atomic E-state index is 6.54. The number of rotatable bonds is 3. The van der Waals surface area contributed by atoms with E-state index in [2.05, 4.69) is 152 Å². The van der Waals surface area contributed by atoms with Crippen LogP contribution in [0.4, 0.5) is 0 Å². The van der Waals surface area contributed by atoms with Gasteiger partial charge in [0, 0.05) is 32.3 Å². The van der Waals surface area contributed by atoms with Crippen molar-refractivity contribution in [3.05, 3.63) is 192 Å². The molecule has 1 spiro atoms. The summed E-state index contributed by atoms with van der Waals surface area (Å²) in [7, 11) is 0. The van der Waals surface area contributed by atoms with Crippen LogP contribution in [0.25, 0.3) is 65.2 Å². The number of thiophene rings is 1. The minimum Gasteiger partial charge on any atom is -0.457 e. The van der Waals surface area contributed by atoms with Gasteiger partial charge in [0.15, 0.2) is 5.82 Å². The molecule has 0 fully saturated rings. The van der Waals surface area contributed by atoms with Crippen molar-refractivity contribution >= 4 is 31.6 Å². The van der Waals surface area contributed by atoms with E-state index in [-0.39, 0.29) is 0 Å². The highest BCUT2D eigenvalue weighted by Gasteiger charge is 2.50. The fourth-order valence-electron chi connectivity index (χ4n) is 8.46. The molecule has 0 radical (unpaired) electrons. The Balaban J connectivity index is 1.17. The number of hydrogen-bond donors (Lipinski definition) is 0. The molecule has 0 N–H and O–H groups in total. The van der Waals surface area contributed by atoms with Gasteiger partial charge in [-0.15, -0.1) is 11.3 Å². The molecule has 51 heavy (non-hydrogen) atoms. The molecule has 11 rings (SSSR count). The summed E-state index contributed by atoms with van der Waals surface area (Å²) in [4.78, 5) is 10.5. The molecular weight excluding hydrogens is 641 g/mol. The Labute approximate surface area is 299 Å². The van der Waals surface area contributed by atoms with Crippen LogP contribution in [-0.2, 0) is 5.41 Å². The molecule has 0 amide bonds. The van der Waals surface area contributed by atoms with Crippen molar-refractivity contribution in [2.24, 2.45) is 0 Å². The predicted octanol–water partition coefficient (Wildman–Crippen LogP) is 12.3. The molecule has 4 heteroatoms. The van der Waals surface area contributed by atoms with Gasteiger partial charge in [-0.1, -0.05) is 146 Å². The maximum absolute atomic E-state index is 6.54. The first kappa shape index (κ1) is 28.5. The maximum Gasteiger partial charge on any atom is 0.160 e. The lowest BCUT2D eigenvalue weighted by Crippen LogP contribution is -2.32. The van der Waals surface area contributed by atoms with Crippen molar-refractivity contribution in [2.75, 3.05) is 0 Å². The van der Waals surface area contributed by atoms with E-state index in [4.69, 9.17) is 14.7 Å². The molecule has 2 aliphatic rings. The Morgan fingerprint density at radius 1 is 0.451 bits per heavy atom. The number of benzene rings is 7. The van der Waals surface area contributed by atoms with E-state index in [0.717, 1.165) is 60.9 Å². The Morgan fingerprint density at radius 2 is 1.06 bits per heavy atom. The van der Waals surface area contributed by atoms with Crippen LogP contribution in [0, 0.1) is 0 Å². The Kier molecular flexibility index (Phi) is 6.04. The molecule has 1 aliphatic carbocycles. The second-order valence-corrected chi connectivity index (χ2v) is 14.3. The van der Waals surface area contributed by atoms with Crippen LogP contribution in [0.2, 0.25) is 0 Å². The number of nitrogens with zero attached hydrogens (tertiary/aromatic N) is 2. The Hall–Kier alpha value is -6.36. The van der Waals surface area contributed by atoms with Crippen LogP contribution >= 0.6 is 11.3 Å². The fourth-order valence-corrected chi connectivity index (χ4v) is 9.60. The summed E-state index contributed by atoms with van der Waals surface area (Å²) in [6, 6.07) is 60.5. The molecule has 0 unspecified atom stereocenters. The number of ether oxygens (including phenoxy) is 1. The first-order valence-corrected chi connectivity index (χ1v) is 18.1. The third-order valence-corrected chi connectivity index (χ3v) is 11.8. The number of hydrogen-bond acceptors (Lipinski definition) is 4. The van der Waals surface area contributed by atoms with E-state index in [9.17, 15) is 0 Å². The Bertz CT molecular complexity index is 2810. The highest BCUT2D eigenvalue weighted by molar-refractivity contribution is 7.26. The largest absolute Gasteiger partial charge is 0.457 e. The topological polar surface area (TPSA) is 35.0 Å². The Morgan fingerprint density at radius 3 is 1.84 bits per heavy atom. The van der Waals surface area contributed by atoms with Crippen molar-refractivity contribution in [1.29, 1.82) is 0 Å². The molecular formula is C47H28N2OS. The van der Waals surface area contributed by atoms with Gasteiger partial charge in [0.05, 0.1) is 21.3 Å². The van der Waals surface area contributed by atoms with E-state index in [1.807, 2.05) is 18.2 Å². The molecule has 3 heterocycles. The minimum atomic E-state index is -0.490. The van der Waals surface area contributed by atoms with Crippen molar-refractivity contribution in [3.8, 4) is 56.4 Å². The van der Waals surface area contributed by atoms with Gasteiger partial charge < -0.3 is 4.74 Å². The van der Waals surface area contributed by atoms with Crippen LogP contribution in [-0.4, -0.2) is 9.97 Å². The van der Waals surface area contributed by atoms with Gasteiger partial charge in [-0.05, 0) is 57.6 Å². The third kappa shape index (κ3) is 3.99. The monoisotopic (exact) mass is 668 g/mol. The number of para-hydroxylation sites is 2. The van der Waals surface area contributed by atoms with Gasteiger partial charge in [-0.3, -0.25) is 0 Å². The van der Waals surface area contributed by atoms with E-state index in [0.29, 0.717) is 0 Å². The van der Waals surface area contributed by atoms with Gasteiger partial charge in [-0.25, -0.2) is 9.97 Å². The van der Waals surface area contributed by atoms with Gasteiger partial charge in [0.1, 0.15) is 11.5 Å². The normalized spacial score (nSPS) is 13.4. The van der Waals surface area contributed by atoms with Gasteiger partial charge >= 0.3 is 0 Å². The third-order valence-electron chi connectivity index (χ3n) is 10.6. The quantitative estimate of drug-likeness (QED) is 0.188. The van der Waals surface area contributed by atoms with Crippen molar-refractivity contribution in [3.63, 3.8) is 0 Å². The van der Waals surface area contributed by atoms with Crippen LogP contribution in [0.3, 0.4) is 0 Å². The van der Waals surface area contributed by atoms with E-state index >= 15 is 0 Å². The van der Waals surface area contributed by atoms with Gasteiger partial charge in [0.25, 0.3) is 0 Å². The molecule has 0 atom stereocenters. The molecule has 0 saturated carbocycles. The van der Waals surface area contributed by atoms with Crippen LogP contribution < -0.4 is 4.74 Å². The lowest BCUT2D eigenvalue weighted by Gasteiger charge is -2.39. The van der Waals surface area contributed by atoms with Crippen molar-refractivity contribution < 1.29 is 4.74 Å². The lowest BCUT2D eigenvalue weighted by atomic mass is 9.66. The van der Waals surface area contributed by atoms with Gasteiger partial charge in [0.2, 0.25) is 0 Å². The van der Waals surface area contributed by atoms with Crippen molar-refractivity contribution in [1.82, 2.24) is 9.97 Å². The van der Waals surface area contributed by atoms with E-state index < -0.39 is 5.41 Å². The fraction of sp³-hybridized carbons (Fsp3) is 0.0213. The highest BCUT2D eigenvalue weighted by Crippen LogP contribution is 2.62. The molecule has 9 aromatic rings. The second kappa shape index (κ2) is 10.8. The lowest BCUT2D eigenvalue weighted by molar-refractivity contribution is 0.436. The molecule has 238 valence electrons. The molecule has 0 bridgehead atoms. The SMILES string of the molecule is c1ccc(-c2nc(-c3ccccc3-c3ccc4c(c3)-c3ccccc3C43c4ccccc4Oc4ccccc43)c3sc4ccccc4c3n2)cc1. The first-order chi connectivity index (χ1) is 25.3. The smallest absolute Gasteiger partial charge is 0.160 e. The molecule has 1 aliphatic heterocycles. The summed E-state index contributed by atoms with van der Waals surface area (Å²) in [6.45, 7) is 0.